The number of piperidine rings is 1. The quantitative estimate of drug-likeness (QED) is 0.736. The highest BCUT2D eigenvalue weighted by atomic mass is 35.5. The van der Waals surface area contributed by atoms with Crippen molar-refractivity contribution in [2.75, 3.05) is 26.2 Å². The van der Waals surface area contributed by atoms with E-state index in [0.29, 0.717) is 19.0 Å². The molecule has 7 nitrogen and oxygen atoms in total. The molecule has 3 N–H and O–H groups in total. The van der Waals surface area contributed by atoms with Crippen molar-refractivity contribution in [3.05, 3.63) is 24.3 Å². The highest BCUT2D eigenvalue weighted by molar-refractivity contribution is 7.90. The smallest absolute Gasteiger partial charge is 0.243 e. The van der Waals surface area contributed by atoms with E-state index >= 15 is 0 Å². The summed E-state index contributed by atoms with van der Waals surface area (Å²) in [7, 11) is -7.62. The van der Waals surface area contributed by atoms with E-state index in [1.165, 1.54) is 22.5 Å². The van der Waals surface area contributed by atoms with Crippen LogP contribution in [0, 0.1) is 5.92 Å². The van der Waals surface area contributed by atoms with Gasteiger partial charge in [0.1, 0.15) is 0 Å². The Hall–Kier alpha value is -0.710. The minimum absolute atomic E-state index is 0. The van der Waals surface area contributed by atoms with Gasteiger partial charge in [0.15, 0.2) is 0 Å². The van der Waals surface area contributed by atoms with Gasteiger partial charge in [0, 0.05) is 13.1 Å². The summed E-state index contributed by atoms with van der Waals surface area (Å²) >= 11 is 0. The lowest BCUT2D eigenvalue weighted by Gasteiger charge is -2.31. The summed E-state index contributed by atoms with van der Waals surface area (Å²) in [6, 6.07) is 5.20. The van der Waals surface area contributed by atoms with Crippen molar-refractivity contribution in [3.8, 4) is 0 Å². The molecule has 0 amide bonds. The van der Waals surface area contributed by atoms with Gasteiger partial charge in [0.05, 0.1) is 9.79 Å². The van der Waals surface area contributed by atoms with E-state index in [1.807, 2.05) is 6.92 Å². The molecule has 1 heterocycles. The summed E-state index contributed by atoms with van der Waals surface area (Å²) in [6.07, 6.45) is 1.59. The zero-order valence-electron chi connectivity index (χ0n) is 13.5. The first-order chi connectivity index (χ1) is 10.7. The van der Waals surface area contributed by atoms with E-state index in [2.05, 4.69) is 5.32 Å². The molecule has 0 saturated carbocycles. The molecule has 1 fully saturated rings. The SMILES string of the molecule is CCNCC1CCN(S(=O)(=O)c2cccc(S(N)(=O)=O)c2)CC1.Cl. The summed E-state index contributed by atoms with van der Waals surface area (Å²) in [5.74, 6) is 0.470. The number of nitrogens with zero attached hydrogens (tertiary/aromatic N) is 1. The molecule has 1 saturated heterocycles. The fraction of sp³-hybridized carbons (Fsp3) is 0.571. The highest BCUT2D eigenvalue weighted by Crippen LogP contribution is 2.24. The topological polar surface area (TPSA) is 110 Å². The van der Waals surface area contributed by atoms with Crippen molar-refractivity contribution >= 4 is 32.5 Å². The second-order valence-electron chi connectivity index (χ2n) is 5.68. The average molecular weight is 398 g/mol. The Labute approximate surface area is 150 Å². The molecule has 0 radical (unpaired) electrons. The van der Waals surface area contributed by atoms with Crippen molar-refractivity contribution in [2.45, 2.75) is 29.6 Å². The zero-order valence-corrected chi connectivity index (χ0v) is 16.0. The van der Waals surface area contributed by atoms with Gasteiger partial charge < -0.3 is 5.32 Å². The second-order valence-corrected chi connectivity index (χ2v) is 9.17. The fourth-order valence-corrected chi connectivity index (χ4v) is 4.81. The lowest BCUT2D eigenvalue weighted by atomic mass is 9.98. The zero-order chi connectivity index (χ0) is 17.1. The molecular formula is C14H24ClN3O4S2. The largest absolute Gasteiger partial charge is 0.317 e. The normalized spacial score (nSPS) is 17.4. The number of halogens is 1. The van der Waals surface area contributed by atoms with E-state index in [9.17, 15) is 16.8 Å². The third-order valence-electron chi connectivity index (χ3n) is 4.03. The molecule has 0 unspecified atom stereocenters. The van der Waals surface area contributed by atoms with E-state index in [1.54, 1.807) is 0 Å². The number of benzene rings is 1. The second kappa shape index (κ2) is 8.59. The monoisotopic (exact) mass is 397 g/mol. The maximum atomic E-state index is 12.7. The number of rotatable bonds is 6. The molecule has 0 spiro atoms. The van der Waals surface area contributed by atoms with Crippen LogP contribution in [0.1, 0.15) is 19.8 Å². The van der Waals surface area contributed by atoms with E-state index in [4.69, 9.17) is 5.14 Å². The lowest BCUT2D eigenvalue weighted by molar-refractivity contribution is 0.268. The molecule has 1 aromatic rings. The molecule has 1 aromatic carbocycles. The van der Waals surface area contributed by atoms with Gasteiger partial charge in [0.25, 0.3) is 0 Å². The predicted octanol–water partition coefficient (Wildman–Crippen LogP) is 0.766. The summed E-state index contributed by atoms with van der Waals surface area (Å²) in [6.45, 7) is 4.72. The van der Waals surface area contributed by atoms with Crippen molar-refractivity contribution < 1.29 is 16.8 Å². The van der Waals surface area contributed by atoms with Crippen molar-refractivity contribution in [3.63, 3.8) is 0 Å². The van der Waals surface area contributed by atoms with Crippen LogP contribution in [0.2, 0.25) is 0 Å². The van der Waals surface area contributed by atoms with Gasteiger partial charge >= 0.3 is 0 Å². The van der Waals surface area contributed by atoms with Gasteiger partial charge in [0.2, 0.25) is 20.0 Å². The molecule has 24 heavy (non-hydrogen) atoms. The van der Waals surface area contributed by atoms with Gasteiger partial charge in [-0.1, -0.05) is 13.0 Å². The average Bonchev–Trinajstić information content (AvgIpc) is 2.52. The van der Waals surface area contributed by atoms with Crippen LogP contribution in [0.25, 0.3) is 0 Å². The van der Waals surface area contributed by atoms with Crippen LogP contribution >= 0.6 is 12.4 Å². The summed E-state index contributed by atoms with van der Waals surface area (Å²) in [5.41, 5.74) is 0. The first kappa shape index (κ1) is 21.3. The number of hydrogen-bond donors (Lipinski definition) is 2. The summed E-state index contributed by atoms with van der Waals surface area (Å²) < 4.78 is 49.5. The maximum absolute atomic E-state index is 12.7. The van der Waals surface area contributed by atoms with Crippen LogP contribution < -0.4 is 10.5 Å². The molecule has 10 heteroatoms. The molecule has 0 bridgehead atoms. The standard InChI is InChI=1S/C14H23N3O4S2.ClH/c1-2-16-11-12-6-8-17(9-7-12)23(20,21)14-5-3-4-13(10-14)22(15,18)19;/h3-5,10,12,16H,2,6-9,11H2,1H3,(H2,15,18,19);1H. The maximum Gasteiger partial charge on any atom is 0.243 e. The Balaban J connectivity index is 0.00000288. The van der Waals surface area contributed by atoms with Crippen LogP contribution in [0.15, 0.2) is 34.1 Å². The fourth-order valence-electron chi connectivity index (χ4n) is 2.66. The summed E-state index contributed by atoms with van der Waals surface area (Å²) in [4.78, 5) is -0.227. The number of nitrogens with one attached hydrogen (secondary N) is 1. The van der Waals surface area contributed by atoms with E-state index < -0.39 is 20.0 Å². The highest BCUT2D eigenvalue weighted by Gasteiger charge is 2.29. The molecular weight excluding hydrogens is 374 g/mol. The molecule has 2 rings (SSSR count). The third-order valence-corrected chi connectivity index (χ3v) is 6.83. The van der Waals surface area contributed by atoms with Gasteiger partial charge in [-0.25, -0.2) is 22.0 Å². The van der Waals surface area contributed by atoms with Crippen molar-refractivity contribution in [1.29, 1.82) is 0 Å². The summed E-state index contributed by atoms with van der Waals surface area (Å²) in [5, 5.41) is 8.35. The number of sulfonamides is 2. The number of hydrogen-bond acceptors (Lipinski definition) is 5. The van der Waals surface area contributed by atoms with Gasteiger partial charge in [-0.3, -0.25) is 0 Å². The molecule has 0 aromatic heterocycles. The lowest BCUT2D eigenvalue weighted by Crippen LogP contribution is -2.40. The van der Waals surface area contributed by atoms with Gasteiger partial charge in [-0.15, -0.1) is 12.4 Å². The van der Waals surface area contributed by atoms with Gasteiger partial charge in [-0.05, 0) is 50.0 Å². The number of primary sulfonamides is 1. The van der Waals surface area contributed by atoms with Crippen LogP contribution in [-0.4, -0.2) is 47.3 Å². The van der Waals surface area contributed by atoms with Crippen LogP contribution in [0.5, 0.6) is 0 Å². The Morgan fingerprint density at radius 1 is 1.17 bits per heavy atom. The minimum Gasteiger partial charge on any atom is -0.317 e. The first-order valence-electron chi connectivity index (χ1n) is 7.59. The van der Waals surface area contributed by atoms with E-state index in [0.717, 1.165) is 32.0 Å². The molecule has 138 valence electrons. The third kappa shape index (κ3) is 5.14. The molecule has 1 aliphatic heterocycles. The number of nitrogens with two attached hydrogens (primary N) is 1. The van der Waals surface area contributed by atoms with Crippen molar-refractivity contribution in [1.82, 2.24) is 9.62 Å². The first-order valence-corrected chi connectivity index (χ1v) is 10.6. The molecule has 0 atom stereocenters. The van der Waals surface area contributed by atoms with Crippen molar-refractivity contribution in [2.24, 2.45) is 11.1 Å². The Morgan fingerprint density at radius 3 is 2.29 bits per heavy atom. The molecule has 1 aliphatic rings. The van der Waals surface area contributed by atoms with Crippen LogP contribution in [-0.2, 0) is 20.0 Å². The molecule has 0 aliphatic carbocycles. The van der Waals surface area contributed by atoms with Crippen LogP contribution in [0.4, 0.5) is 0 Å². The van der Waals surface area contributed by atoms with Crippen LogP contribution in [0.3, 0.4) is 0 Å². The van der Waals surface area contributed by atoms with Gasteiger partial charge in [-0.2, -0.15) is 4.31 Å². The Kier molecular flexibility index (Phi) is 7.64. The predicted molar refractivity (Wildman–Crippen MR) is 95.1 cm³/mol. The Morgan fingerprint density at radius 2 is 1.75 bits per heavy atom. The van der Waals surface area contributed by atoms with E-state index in [-0.39, 0.29) is 22.2 Å². The minimum atomic E-state index is -3.93. The Bertz CT molecular complexity index is 745.